The van der Waals surface area contributed by atoms with E-state index in [1.165, 1.54) is 17.0 Å². The molecule has 1 fully saturated rings. The van der Waals surface area contributed by atoms with Crippen molar-refractivity contribution < 1.29 is 22.7 Å². The molecular weight excluding hydrogens is 335 g/mol. The number of amides is 1. The van der Waals surface area contributed by atoms with Crippen LogP contribution in [0.25, 0.3) is 0 Å². The number of ether oxygens (including phenoxy) is 1. The van der Waals surface area contributed by atoms with Crippen molar-refractivity contribution in [3.05, 3.63) is 42.5 Å². The fourth-order valence-electron chi connectivity index (χ4n) is 2.66. The predicted octanol–water partition coefficient (Wildman–Crippen LogP) is 1.82. The largest absolute Gasteiger partial charge is 0.489 e. The Hall–Kier alpha value is -2.06. The van der Waals surface area contributed by atoms with Crippen LogP contribution >= 0.6 is 0 Å². The lowest BCUT2D eigenvalue weighted by atomic mass is 10.1. The third-order valence-corrected chi connectivity index (χ3v) is 3.91. The van der Waals surface area contributed by atoms with Gasteiger partial charge in [-0.15, -0.1) is 0 Å². The first-order valence-electron chi connectivity index (χ1n) is 8.06. The minimum atomic E-state index is -4.41. The second-order valence-corrected chi connectivity index (χ2v) is 5.65. The van der Waals surface area contributed by atoms with E-state index in [2.05, 4.69) is 17.2 Å². The summed E-state index contributed by atoms with van der Waals surface area (Å²) in [4.78, 5) is 13.7. The molecule has 0 aromatic heterocycles. The summed E-state index contributed by atoms with van der Waals surface area (Å²) in [5, 5.41) is 5.41. The molecule has 1 unspecified atom stereocenters. The Balaban J connectivity index is 2.04. The number of halogens is 3. The van der Waals surface area contributed by atoms with Gasteiger partial charge in [-0.3, -0.25) is 9.69 Å². The maximum atomic E-state index is 13.4. The second kappa shape index (κ2) is 8.87. The standard InChI is InChI=1S/C17H22F3N3O2/c1-2-11-25-14-6-4-3-5-13(14)16(24)22-12-15(17(18,19)20)23-9-7-21-8-10-23/h2-6,15,21H,1,7-12H2,(H,22,24). The second-order valence-electron chi connectivity index (χ2n) is 5.65. The van der Waals surface area contributed by atoms with Crippen molar-refractivity contribution in [3.8, 4) is 5.75 Å². The summed E-state index contributed by atoms with van der Waals surface area (Å²) in [5.74, 6) is -0.283. The number of rotatable bonds is 7. The van der Waals surface area contributed by atoms with Gasteiger partial charge in [0.15, 0.2) is 0 Å². The average Bonchev–Trinajstić information content (AvgIpc) is 2.60. The summed E-state index contributed by atoms with van der Waals surface area (Å²) in [6.07, 6.45) is -2.89. The number of nitrogens with zero attached hydrogens (tertiary/aromatic N) is 1. The molecule has 138 valence electrons. The van der Waals surface area contributed by atoms with Crippen LogP contribution in [0.1, 0.15) is 10.4 Å². The number of benzene rings is 1. The summed E-state index contributed by atoms with van der Waals surface area (Å²) in [5.41, 5.74) is 0.200. The average molecular weight is 357 g/mol. The van der Waals surface area contributed by atoms with E-state index in [0.29, 0.717) is 31.9 Å². The van der Waals surface area contributed by atoms with Crippen LogP contribution in [0.5, 0.6) is 5.75 Å². The molecule has 1 heterocycles. The number of piperazine rings is 1. The van der Waals surface area contributed by atoms with Gasteiger partial charge in [-0.2, -0.15) is 13.2 Å². The van der Waals surface area contributed by atoms with Crippen molar-refractivity contribution in [3.63, 3.8) is 0 Å². The first-order valence-corrected chi connectivity index (χ1v) is 8.06. The Morgan fingerprint density at radius 1 is 1.36 bits per heavy atom. The Bertz CT molecular complexity index is 587. The molecule has 5 nitrogen and oxygen atoms in total. The Labute approximate surface area is 144 Å². The fourth-order valence-corrected chi connectivity index (χ4v) is 2.66. The number of carbonyl (C=O) groups excluding carboxylic acids is 1. The van der Waals surface area contributed by atoms with Crippen LogP contribution in [0, 0.1) is 0 Å². The zero-order valence-electron chi connectivity index (χ0n) is 13.8. The number of carbonyl (C=O) groups is 1. The van der Waals surface area contributed by atoms with E-state index < -0.39 is 24.7 Å². The van der Waals surface area contributed by atoms with Gasteiger partial charge in [0.2, 0.25) is 0 Å². The van der Waals surface area contributed by atoms with Gasteiger partial charge in [-0.05, 0) is 12.1 Å². The van der Waals surface area contributed by atoms with Crippen molar-refractivity contribution in [1.29, 1.82) is 0 Å². The lowest BCUT2D eigenvalue weighted by molar-refractivity contribution is -0.183. The lowest BCUT2D eigenvalue weighted by Crippen LogP contribution is -2.57. The topological polar surface area (TPSA) is 53.6 Å². The highest BCUT2D eigenvalue weighted by molar-refractivity contribution is 5.96. The van der Waals surface area contributed by atoms with Crippen molar-refractivity contribution in [2.75, 3.05) is 39.3 Å². The Morgan fingerprint density at radius 3 is 2.68 bits per heavy atom. The lowest BCUT2D eigenvalue weighted by Gasteiger charge is -2.35. The Kier molecular flexibility index (Phi) is 6.83. The molecule has 1 aliphatic heterocycles. The quantitative estimate of drug-likeness (QED) is 0.731. The smallest absolute Gasteiger partial charge is 0.405 e. The number of hydrogen-bond donors (Lipinski definition) is 2. The van der Waals surface area contributed by atoms with E-state index in [9.17, 15) is 18.0 Å². The highest BCUT2D eigenvalue weighted by Crippen LogP contribution is 2.25. The SMILES string of the molecule is C=CCOc1ccccc1C(=O)NCC(N1CCNCC1)C(F)(F)F. The van der Waals surface area contributed by atoms with Crippen LogP contribution in [-0.4, -0.2) is 62.4 Å². The molecule has 8 heteroatoms. The predicted molar refractivity (Wildman–Crippen MR) is 88.8 cm³/mol. The number of alkyl halides is 3. The van der Waals surface area contributed by atoms with Gasteiger partial charge >= 0.3 is 6.18 Å². The van der Waals surface area contributed by atoms with Crippen molar-refractivity contribution in [2.24, 2.45) is 0 Å². The maximum absolute atomic E-state index is 13.4. The van der Waals surface area contributed by atoms with Crippen molar-refractivity contribution in [2.45, 2.75) is 12.2 Å². The van der Waals surface area contributed by atoms with E-state index in [1.807, 2.05) is 0 Å². The van der Waals surface area contributed by atoms with Gasteiger partial charge in [0.1, 0.15) is 18.4 Å². The molecular formula is C17H22F3N3O2. The van der Waals surface area contributed by atoms with E-state index in [0.717, 1.165) is 0 Å². The Morgan fingerprint density at radius 2 is 2.04 bits per heavy atom. The summed E-state index contributed by atoms with van der Waals surface area (Å²) in [6.45, 7) is 4.81. The summed E-state index contributed by atoms with van der Waals surface area (Å²) < 4.78 is 45.4. The zero-order chi connectivity index (χ0) is 18.3. The fraction of sp³-hybridized carbons (Fsp3) is 0.471. The first kappa shape index (κ1) is 19.3. The van der Waals surface area contributed by atoms with Gasteiger partial charge in [-0.25, -0.2) is 0 Å². The zero-order valence-corrected chi connectivity index (χ0v) is 13.8. The number of nitrogens with one attached hydrogen (secondary N) is 2. The molecule has 1 aliphatic rings. The molecule has 0 spiro atoms. The maximum Gasteiger partial charge on any atom is 0.405 e. The van der Waals surface area contributed by atoms with E-state index >= 15 is 0 Å². The van der Waals surface area contributed by atoms with Crippen LogP contribution in [0.3, 0.4) is 0 Å². The molecule has 0 saturated carbocycles. The first-order chi connectivity index (χ1) is 11.9. The minimum absolute atomic E-state index is 0.200. The third kappa shape index (κ3) is 5.47. The van der Waals surface area contributed by atoms with Crippen LogP contribution in [0.2, 0.25) is 0 Å². The van der Waals surface area contributed by atoms with Gasteiger partial charge in [-0.1, -0.05) is 24.8 Å². The minimum Gasteiger partial charge on any atom is -0.489 e. The van der Waals surface area contributed by atoms with Crippen LogP contribution in [0.15, 0.2) is 36.9 Å². The van der Waals surface area contributed by atoms with Gasteiger partial charge in [0.05, 0.1) is 5.56 Å². The van der Waals surface area contributed by atoms with Crippen molar-refractivity contribution in [1.82, 2.24) is 15.5 Å². The van der Waals surface area contributed by atoms with Crippen LogP contribution < -0.4 is 15.4 Å². The van der Waals surface area contributed by atoms with E-state index in [4.69, 9.17) is 4.74 Å². The van der Waals surface area contributed by atoms with Crippen molar-refractivity contribution >= 4 is 5.91 Å². The summed E-state index contributed by atoms with van der Waals surface area (Å²) in [6, 6.07) is 4.72. The molecule has 1 atom stereocenters. The molecule has 2 rings (SSSR count). The van der Waals surface area contributed by atoms with Gasteiger partial charge in [0, 0.05) is 32.7 Å². The summed E-state index contributed by atoms with van der Waals surface area (Å²) >= 11 is 0. The third-order valence-electron chi connectivity index (χ3n) is 3.91. The van der Waals surface area contributed by atoms with E-state index in [1.54, 1.807) is 18.2 Å². The van der Waals surface area contributed by atoms with Gasteiger partial charge < -0.3 is 15.4 Å². The number of para-hydroxylation sites is 1. The molecule has 1 amide bonds. The molecule has 25 heavy (non-hydrogen) atoms. The molecule has 0 radical (unpaired) electrons. The van der Waals surface area contributed by atoms with Crippen LogP contribution in [0.4, 0.5) is 13.2 Å². The van der Waals surface area contributed by atoms with Gasteiger partial charge in [0.25, 0.3) is 5.91 Å². The molecule has 1 aromatic rings. The monoisotopic (exact) mass is 357 g/mol. The highest BCUT2D eigenvalue weighted by Gasteiger charge is 2.43. The molecule has 2 N–H and O–H groups in total. The molecule has 1 saturated heterocycles. The molecule has 0 aliphatic carbocycles. The normalized spacial score (nSPS) is 16.9. The number of hydrogen-bond acceptors (Lipinski definition) is 4. The molecule has 1 aromatic carbocycles. The highest BCUT2D eigenvalue weighted by atomic mass is 19.4. The summed E-state index contributed by atoms with van der Waals surface area (Å²) in [7, 11) is 0. The van der Waals surface area contributed by atoms with E-state index in [-0.39, 0.29) is 12.2 Å². The molecule has 0 bridgehead atoms. The van der Waals surface area contributed by atoms with Crippen LogP contribution in [-0.2, 0) is 0 Å².